The maximum absolute atomic E-state index is 13.7. The first-order chi connectivity index (χ1) is 8.59. The number of fused-ring (bicyclic) bond motifs is 1. The lowest BCUT2D eigenvalue weighted by Gasteiger charge is -2.19. The monoisotopic (exact) mass is 250 g/mol. The molecule has 0 saturated heterocycles. The lowest BCUT2D eigenvalue weighted by atomic mass is 10.1. The third-order valence-corrected chi connectivity index (χ3v) is 3.11. The molecule has 2 heterocycles. The molecule has 0 saturated carbocycles. The van der Waals surface area contributed by atoms with Crippen LogP contribution in [0.1, 0.15) is 6.04 Å². The summed E-state index contributed by atoms with van der Waals surface area (Å²) in [5, 5.41) is 19.2. The van der Waals surface area contributed by atoms with Crippen LogP contribution in [0.15, 0.2) is 30.5 Å². The van der Waals surface area contributed by atoms with E-state index < -0.39 is 24.1 Å². The summed E-state index contributed by atoms with van der Waals surface area (Å²) in [4.78, 5) is 7.93. The average molecular weight is 250 g/mol. The number of imidazole rings is 1. The summed E-state index contributed by atoms with van der Waals surface area (Å²) >= 11 is 0. The zero-order valence-electron chi connectivity index (χ0n) is 9.23. The first kappa shape index (κ1) is 11.1. The van der Waals surface area contributed by atoms with Crippen molar-refractivity contribution in [1.82, 2.24) is 14.5 Å². The van der Waals surface area contributed by atoms with Gasteiger partial charge in [-0.05, 0) is 12.1 Å². The fourth-order valence-corrected chi connectivity index (χ4v) is 2.21. The number of rotatable bonds is 1. The van der Waals surface area contributed by atoms with Gasteiger partial charge in [0, 0.05) is 6.20 Å². The maximum atomic E-state index is 13.7. The quantitative estimate of drug-likeness (QED) is 0.669. The van der Waals surface area contributed by atoms with E-state index in [1.807, 2.05) is 0 Å². The summed E-state index contributed by atoms with van der Waals surface area (Å²) in [7, 11) is 0. The van der Waals surface area contributed by atoms with Crippen LogP contribution in [0.3, 0.4) is 0 Å². The third-order valence-electron chi connectivity index (χ3n) is 3.11. The highest BCUT2D eigenvalue weighted by atomic mass is 19.1. The number of hydrogen-bond donors (Lipinski definition) is 3. The van der Waals surface area contributed by atoms with E-state index in [4.69, 9.17) is 5.73 Å². The largest absolute Gasteiger partial charge is 0.387 e. The molecule has 0 aromatic carbocycles. The van der Waals surface area contributed by atoms with Crippen LogP contribution in [0.4, 0.5) is 10.2 Å². The van der Waals surface area contributed by atoms with Gasteiger partial charge in [0.1, 0.15) is 29.6 Å². The Hall–Kier alpha value is -1.99. The van der Waals surface area contributed by atoms with E-state index in [2.05, 4.69) is 9.97 Å². The van der Waals surface area contributed by atoms with Crippen LogP contribution < -0.4 is 5.73 Å². The predicted molar refractivity (Wildman–Crippen MR) is 62.2 cm³/mol. The van der Waals surface area contributed by atoms with Gasteiger partial charge in [0.2, 0.25) is 0 Å². The number of nitrogens with zero attached hydrogens (tertiary/aromatic N) is 3. The number of halogens is 1. The molecule has 2 aromatic rings. The Kier molecular flexibility index (Phi) is 2.32. The molecule has 3 rings (SSSR count). The Labute approximate surface area is 101 Å². The normalized spacial score (nSPS) is 27.7. The van der Waals surface area contributed by atoms with Gasteiger partial charge in [-0.3, -0.25) is 0 Å². The Balaban J connectivity index is 2.16. The average Bonchev–Trinajstić information content (AvgIpc) is 2.84. The van der Waals surface area contributed by atoms with Gasteiger partial charge in [-0.1, -0.05) is 0 Å². The molecular weight excluding hydrogens is 239 g/mol. The van der Waals surface area contributed by atoms with Crippen LogP contribution in [-0.2, 0) is 0 Å². The fourth-order valence-electron chi connectivity index (χ4n) is 2.21. The molecule has 0 aliphatic heterocycles. The first-order valence-electron chi connectivity index (χ1n) is 5.40. The molecule has 94 valence electrons. The Morgan fingerprint density at radius 2 is 2.11 bits per heavy atom. The number of pyridine rings is 1. The molecule has 18 heavy (non-hydrogen) atoms. The van der Waals surface area contributed by atoms with Crippen LogP contribution in [0.2, 0.25) is 0 Å². The summed E-state index contributed by atoms with van der Waals surface area (Å²) in [5.41, 5.74) is 6.66. The third kappa shape index (κ3) is 1.41. The molecule has 2 aromatic heterocycles. The molecule has 0 radical (unpaired) electrons. The molecule has 0 spiro atoms. The lowest BCUT2D eigenvalue weighted by molar-refractivity contribution is 0.0339. The van der Waals surface area contributed by atoms with Crippen molar-refractivity contribution < 1.29 is 14.6 Å². The van der Waals surface area contributed by atoms with E-state index >= 15 is 0 Å². The fraction of sp³-hybridized carbons (Fsp3) is 0.273. The van der Waals surface area contributed by atoms with Crippen LogP contribution in [-0.4, -0.2) is 37.0 Å². The summed E-state index contributed by atoms with van der Waals surface area (Å²) < 4.78 is 15.2. The van der Waals surface area contributed by atoms with E-state index in [-0.39, 0.29) is 5.82 Å². The highest BCUT2D eigenvalue weighted by Crippen LogP contribution is 2.34. The van der Waals surface area contributed by atoms with Crippen molar-refractivity contribution >= 4 is 16.9 Å². The van der Waals surface area contributed by atoms with Crippen LogP contribution in [0, 0.1) is 0 Å². The number of aromatic nitrogens is 3. The Morgan fingerprint density at radius 1 is 1.33 bits per heavy atom. The molecular formula is C11H11FN4O2. The molecule has 7 heteroatoms. The zero-order valence-corrected chi connectivity index (χ0v) is 9.23. The number of aliphatic hydroxyl groups is 2. The molecule has 1 aliphatic carbocycles. The van der Waals surface area contributed by atoms with Gasteiger partial charge < -0.3 is 20.5 Å². The summed E-state index contributed by atoms with van der Waals surface area (Å²) in [6.45, 7) is 0. The predicted octanol–water partition coefficient (Wildman–Crippen LogP) is 0.143. The summed E-state index contributed by atoms with van der Waals surface area (Å²) in [6.07, 6.45) is 1.40. The van der Waals surface area contributed by atoms with E-state index in [9.17, 15) is 14.6 Å². The summed E-state index contributed by atoms with van der Waals surface area (Å²) in [5.74, 6) is -0.353. The van der Waals surface area contributed by atoms with Gasteiger partial charge in [0.05, 0.1) is 11.8 Å². The highest BCUT2D eigenvalue weighted by Gasteiger charge is 2.37. The minimum absolute atomic E-state index is 0.240. The molecule has 3 atom stereocenters. The maximum Gasteiger partial charge on any atom is 0.151 e. The van der Waals surface area contributed by atoms with Crippen LogP contribution in [0.25, 0.3) is 11.0 Å². The van der Waals surface area contributed by atoms with Gasteiger partial charge in [-0.15, -0.1) is 0 Å². The number of aliphatic hydroxyl groups excluding tert-OH is 2. The van der Waals surface area contributed by atoms with Crippen LogP contribution in [0.5, 0.6) is 0 Å². The van der Waals surface area contributed by atoms with Crippen molar-refractivity contribution in [2.24, 2.45) is 0 Å². The van der Waals surface area contributed by atoms with Gasteiger partial charge in [0.15, 0.2) is 5.82 Å². The molecule has 0 amide bonds. The van der Waals surface area contributed by atoms with Crippen molar-refractivity contribution in [3.63, 3.8) is 0 Å². The van der Waals surface area contributed by atoms with Crippen molar-refractivity contribution in [2.45, 2.75) is 18.2 Å². The van der Waals surface area contributed by atoms with Gasteiger partial charge >= 0.3 is 0 Å². The van der Waals surface area contributed by atoms with Crippen LogP contribution >= 0.6 is 0 Å². The molecule has 0 bridgehead atoms. The molecule has 4 N–H and O–H groups in total. The molecule has 6 nitrogen and oxygen atoms in total. The SMILES string of the molecule is Nc1nccc2c1ncn2[C@H]1C(F)=C[C@H](O)[C@@H]1O. The summed E-state index contributed by atoms with van der Waals surface area (Å²) in [6, 6.07) is 0.649. The van der Waals surface area contributed by atoms with Gasteiger partial charge in [-0.2, -0.15) is 0 Å². The van der Waals surface area contributed by atoms with Crippen molar-refractivity contribution in [3.05, 3.63) is 30.5 Å². The Bertz CT molecular complexity index is 639. The van der Waals surface area contributed by atoms with Crippen molar-refractivity contribution in [3.8, 4) is 0 Å². The second-order valence-electron chi connectivity index (χ2n) is 4.19. The molecule has 0 fully saturated rings. The minimum atomic E-state index is -1.24. The topological polar surface area (TPSA) is 97.2 Å². The first-order valence-corrected chi connectivity index (χ1v) is 5.40. The lowest BCUT2D eigenvalue weighted by Crippen LogP contribution is -2.28. The van der Waals surface area contributed by atoms with Crippen molar-refractivity contribution in [1.29, 1.82) is 0 Å². The smallest absolute Gasteiger partial charge is 0.151 e. The highest BCUT2D eigenvalue weighted by molar-refractivity contribution is 5.84. The number of nitrogen functional groups attached to an aromatic ring is 1. The van der Waals surface area contributed by atoms with Gasteiger partial charge in [-0.25, -0.2) is 14.4 Å². The number of nitrogens with two attached hydrogens (primary N) is 1. The molecule has 0 unspecified atom stereocenters. The minimum Gasteiger partial charge on any atom is -0.387 e. The van der Waals surface area contributed by atoms with E-state index in [1.165, 1.54) is 17.1 Å². The number of anilines is 1. The Morgan fingerprint density at radius 3 is 2.78 bits per heavy atom. The molecule has 1 aliphatic rings. The second-order valence-corrected chi connectivity index (χ2v) is 4.19. The van der Waals surface area contributed by atoms with E-state index in [0.717, 1.165) is 6.08 Å². The standard InChI is InChI=1S/C11H11FN4O2/c12-5-3-7(17)10(18)9(5)16-4-15-8-6(16)1-2-14-11(8)13/h1-4,7,9-10,17-18H,(H2,13,14)/t7-,9-,10-/m0/s1. The van der Waals surface area contributed by atoms with Gasteiger partial charge in [0.25, 0.3) is 0 Å². The van der Waals surface area contributed by atoms with E-state index in [0.29, 0.717) is 11.0 Å². The van der Waals surface area contributed by atoms with Crippen molar-refractivity contribution in [2.75, 3.05) is 5.73 Å². The number of hydrogen-bond acceptors (Lipinski definition) is 5. The zero-order chi connectivity index (χ0) is 12.9. The second kappa shape index (κ2) is 3.76. The van der Waals surface area contributed by atoms with E-state index in [1.54, 1.807) is 6.07 Å².